The quantitative estimate of drug-likeness (QED) is 0.135. The Morgan fingerprint density at radius 3 is 1.56 bits per heavy atom. The minimum absolute atomic E-state index is 0. The van der Waals surface area contributed by atoms with E-state index in [0.717, 1.165) is 57.4 Å². The van der Waals surface area contributed by atoms with Crippen molar-refractivity contribution in [1.29, 1.82) is 0 Å². The number of hydrogen-bond donors (Lipinski definition) is 0. The van der Waals surface area contributed by atoms with E-state index >= 15 is 0 Å². The van der Waals surface area contributed by atoms with Crippen LogP contribution < -0.4 is 5.19 Å². The molecule has 10 aromatic rings. The van der Waals surface area contributed by atoms with Crippen LogP contribution in [0, 0.1) is 10.8 Å². The van der Waals surface area contributed by atoms with Crippen LogP contribution in [0.2, 0.25) is 19.6 Å². The summed E-state index contributed by atoms with van der Waals surface area (Å²) in [6, 6.07) is 62.5. The summed E-state index contributed by atoms with van der Waals surface area (Å²) in [5, 5.41) is 3.74. The fraction of sp³-hybridized carbons (Fsp3) is 0.311. The van der Waals surface area contributed by atoms with E-state index in [-0.39, 0.29) is 36.9 Å². The molecule has 415 valence electrons. The number of hydrogen-bond acceptors (Lipinski definition) is 4. The minimum atomic E-state index is -1.36. The van der Waals surface area contributed by atoms with Gasteiger partial charge < -0.3 is 4.42 Å². The summed E-state index contributed by atoms with van der Waals surface area (Å²) in [7, 11) is -1.36. The van der Waals surface area contributed by atoms with E-state index in [0.29, 0.717) is 10.8 Å². The SMILES string of the molecule is CC(C)(C)Cc1cc(-c2ccccc2)ncc1[Si](C)(C)C.CC(C)(C)Cc1ccnc(-c2ccccc2)c1.CC(c1ccccc1)c1ccnc(-c2cccc3c2oc2cc(-c4cc(C(C)(C)C)cc(C(C)(C)C)c4)ccc23)c1.[Ir]. The predicted octanol–water partition coefficient (Wildman–Crippen LogP) is 20.3. The smallest absolute Gasteiger partial charge is 0.144 e. The minimum Gasteiger partial charge on any atom is -0.455 e. The first kappa shape index (κ1) is 61.1. The van der Waals surface area contributed by atoms with E-state index in [1.807, 2.05) is 30.6 Å². The molecule has 6 heteroatoms. The molecule has 10 rings (SSSR count). The summed E-state index contributed by atoms with van der Waals surface area (Å²) < 4.78 is 6.64. The first-order chi connectivity index (χ1) is 37.2. The molecule has 6 aromatic carbocycles. The van der Waals surface area contributed by atoms with E-state index in [1.54, 1.807) is 0 Å². The van der Waals surface area contributed by atoms with E-state index in [1.165, 1.54) is 60.8 Å². The van der Waals surface area contributed by atoms with Gasteiger partial charge in [-0.15, -0.1) is 0 Å². The second kappa shape index (κ2) is 25.1. The second-order valence-electron chi connectivity index (χ2n) is 27.1. The van der Waals surface area contributed by atoms with E-state index in [9.17, 15) is 0 Å². The Balaban J connectivity index is 0.000000198. The van der Waals surface area contributed by atoms with E-state index in [2.05, 4.69) is 279 Å². The first-order valence-electron chi connectivity index (χ1n) is 28.4. The van der Waals surface area contributed by atoms with Gasteiger partial charge in [0.15, 0.2) is 0 Å². The predicted molar refractivity (Wildman–Crippen MR) is 342 cm³/mol. The summed E-state index contributed by atoms with van der Waals surface area (Å²) in [6.45, 7) is 36.9. The molecule has 0 saturated heterocycles. The van der Waals surface area contributed by atoms with Gasteiger partial charge in [0, 0.05) is 72.1 Å². The third kappa shape index (κ3) is 15.9. The van der Waals surface area contributed by atoms with Crippen LogP contribution >= 0.6 is 0 Å². The summed E-state index contributed by atoms with van der Waals surface area (Å²) in [5.41, 5.74) is 19.5. The number of furan rings is 1. The molecule has 0 bridgehead atoms. The molecule has 1 radical (unpaired) electrons. The van der Waals surface area contributed by atoms with Gasteiger partial charge in [-0.2, -0.15) is 0 Å². The molecule has 1 atom stereocenters. The molecular weight excluding hydrogens is 1170 g/mol. The maximum Gasteiger partial charge on any atom is 0.144 e. The van der Waals surface area contributed by atoms with Crippen molar-refractivity contribution in [3.05, 3.63) is 228 Å². The van der Waals surface area contributed by atoms with Crippen LogP contribution in [0.25, 0.3) is 66.8 Å². The number of para-hydroxylation sites is 1. The molecule has 0 aliphatic carbocycles. The van der Waals surface area contributed by atoms with Crippen molar-refractivity contribution in [2.24, 2.45) is 10.8 Å². The molecular formula is C74H85IrN3OSi. The summed E-state index contributed by atoms with van der Waals surface area (Å²) >= 11 is 0. The molecule has 80 heavy (non-hydrogen) atoms. The van der Waals surface area contributed by atoms with Crippen LogP contribution in [0.3, 0.4) is 0 Å². The molecule has 0 fully saturated rings. The number of aromatic nitrogens is 3. The maximum absolute atomic E-state index is 6.64. The van der Waals surface area contributed by atoms with Crippen molar-refractivity contribution < 1.29 is 24.5 Å². The molecule has 0 aliphatic rings. The number of fused-ring (bicyclic) bond motifs is 3. The van der Waals surface area contributed by atoms with Crippen LogP contribution in [-0.4, -0.2) is 23.0 Å². The van der Waals surface area contributed by atoms with Gasteiger partial charge in [-0.25, -0.2) is 0 Å². The third-order valence-electron chi connectivity index (χ3n) is 14.6. The summed E-state index contributed by atoms with van der Waals surface area (Å²) in [6.07, 6.45) is 8.14. The van der Waals surface area contributed by atoms with E-state index < -0.39 is 8.07 Å². The van der Waals surface area contributed by atoms with Crippen LogP contribution in [0.4, 0.5) is 0 Å². The van der Waals surface area contributed by atoms with Crippen molar-refractivity contribution in [1.82, 2.24) is 15.0 Å². The normalized spacial score (nSPS) is 12.4. The molecule has 0 aliphatic heterocycles. The molecule has 1 unspecified atom stereocenters. The van der Waals surface area contributed by atoms with Crippen LogP contribution in [-0.2, 0) is 43.8 Å². The van der Waals surface area contributed by atoms with Gasteiger partial charge in [0.25, 0.3) is 0 Å². The number of pyridine rings is 3. The molecule has 0 N–H and O–H groups in total. The monoisotopic (exact) mass is 1250 g/mol. The molecule has 0 saturated carbocycles. The van der Waals surface area contributed by atoms with Crippen molar-refractivity contribution in [2.75, 3.05) is 0 Å². The Kier molecular flexibility index (Phi) is 19.1. The molecule has 0 amide bonds. The largest absolute Gasteiger partial charge is 0.455 e. The van der Waals surface area contributed by atoms with Crippen LogP contribution in [0.5, 0.6) is 0 Å². The van der Waals surface area contributed by atoms with Gasteiger partial charge in [-0.05, 0) is 133 Å². The fourth-order valence-corrected chi connectivity index (χ4v) is 11.8. The number of benzene rings is 6. The second-order valence-corrected chi connectivity index (χ2v) is 32.2. The zero-order chi connectivity index (χ0) is 56.9. The van der Waals surface area contributed by atoms with Crippen LogP contribution in [0.1, 0.15) is 129 Å². The van der Waals surface area contributed by atoms with E-state index in [4.69, 9.17) is 14.4 Å². The van der Waals surface area contributed by atoms with Gasteiger partial charge in [0.2, 0.25) is 0 Å². The Morgan fingerprint density at radius 2 is 1.00 bits per heavy atom. The first-order valence-corrected chi connectivity index (χ1v) is 31.9. The Labute approximate surface area is 494 Å². The zero-order valence-electron chi connectivity index (χ0n) is 50.5. The number of nitrogens with zero attached hydrogens (tertiary/aromatic N) is 3. The van der Waals surface area contributed by atoms with Gasteiger partial charge in [-0.1, -0.05) is 237 Å². The van der Waals surface area contributed by atoms with Crippen molar-refractivity contribution in [3.63, 3.8) is 0 Å². The van der Waals surface area contributed by atoms with Crippen molar-refractivity contribution in [3.8, 4) is 44.9 Å². The Bertz CT molecular complexity index is 3610. The molecule has 4 aromatic heterocycles. The van der Waals surface area contributed by atoms with Gasteiger partial charge in [-0.3, -0.25) is 15.0 Å². The van der Waals surface area contributed by atoms with Gasteiger partial charge >= 0.3 is 0 Å². The molecule has 4 heterocycles. The van der Waals surface area contributed by atoms with Crippen LogP contribution in [0.15, 0.2) is 199 Å². The zero-order valence-corrected chi connectivity index (χ0v) is 53.9. The average Bonchev–Trinajstić information content (AvgIpc) is 3.97. The van der Waals surface area contributed by atoms with Gasteiger partial charge in [0.05, 0.1) is 25.2 Å². The molecule has 4 nitrogen and oxygen atoms in total. The topological polar surface area (TPSA) is 51.8 Å². The summed E-state index contributed by atoms with van der Waals surface area (Å²) in [5.74, 6) is 0.275. The maximum atomic E-state index is 6.64. The average molecular weight is 1250 g/mol. The Hall–Kier alpha value is -6.56. The summed E-state index contributed by atoms with van der Waals surface area (Å²) in [4.78, 5) is 14.0. The van der Waals surface area contributed by atoms with Crippen molar-refractivity contribution in [2.45, 2.75) is 139 Å². The fourth-order valence-electron chi connectivity index (χ4n) is 10.3. The Morgan fingerprint density at radius 1 is 0.450 bits per heavy atom. The molecule has 0 spiro atoms. The third-order valence-corrected chi connectivity index (χ3v) is 16.6. The standard InChI is InChI=1S/C39H39NO.C19H27NSi.C16H19N.Ir/c1-25(26-12-9-8-10-13-26)27-18-19-40-35(22-27)34-15-11-14-33-32-17-16-28(23-36(32)41-37(33)34)29-20-30(38(2,3)4)24-31(21-29)39(5,6)7;1-19(2,3)13-16-12-17(15-10-8-7-9-11-15)20-14-18(16)21(4,5)6;1-16(2,3)12-13-9-10-17-15(11-13)14-7-5-4-6-8-14;/h8-25H,1-7H3;7-12,14H,13H2,1-6H3;4-11H,12H2,1-3H3;. The van der Waals surface area contributed by atoms with Crippen molar-refractivity contribution >= 4 is 35.2 Å². The van der Waals surface area contributed by atoms with Gasteiger partial charge in [0.1, 0.15) is 11.2 Å². The number of rotatable bonds is 9.